The Morgan fingerprint density at radius 3 is 2.72 bits per heavy atom. The van der Waals surface area contributed by atoms with Gasteiger partial charge in [-0.3, -0.25) is 0 Å². The third-order valence-corrected chi connectivity index (χ3v) is 4.25. The van der Waals surface area contributed by atoms with E-state index in [-0.39, 0.29) is 5.82 Å². The van der Waals surface area contributed by atoms with Crippen LogP contribution in [0.2, 0.25) is 0 Å². The van der Waals surface area contributed by atoms with E-state index in [1.165, 1.54) is 36.0 Å². The van der Waals surface area contributed by atoms with Gasteiger partial charge in [0.05, 0.1) is 11.6 Å². The summed E-state index contributed by atoms with van der Waals surface area (Å²) in [6, 6.07) is 15.3. The molecular weight excluding hydrogens is 341 g/mol. The third kappa shape index (κ3) is 4.37. The van der Waals surface area contributed by atoms with Gasteiger partial charge in [-0.15, -0.1) is 10.2 Å². The summed E-state index contributed by atoms with van der Waals surface area (Å²) in [7, 11) is 0. The lowest BCUT2D eigenvalue weighted by Gasteiger charge is -2.10. The van der Waals surface area contributed by atoms with Crippen LogP contribution in [0.4, 0.5) is 4.39 Å². The number of benzene rings is 2. The number of aromatic nitrogens is 2. The lowest BCUT2D eigenvalue weighted by Crippen LogP contribution is -2.03. The van der Waals surface area contributed by atoms with Gasteiger partial charge < -0.3 is 9.15 Å². The summed E-state index contributed by atoms with van der Waals surface area (Å²) >= 11 is 1.35. The van der Waals surface area contributed by atoms with Gasteiger partial charge in [0.2, 0.25) is 0 Å². The topological polar surface area (TPSA) is 71.9 Å². The number of nitrogens with zero attached hydrogens (tertiary/aromatic N) is 3. The van der Waals surface area contributed by atoms with Crippen molar-refractivity contribution in [1.82, 2.24) is 10.2 Å². The van der Waals surface area contributed by atoms with Crippen LogP contribution in [0.5, 0.6) is 5.75 Å². The minimum atomic E-state index is -0.460. The fourth-order valence-corrected chi connectivity index (χ4v) is 2.88. The van der Waals surface area contributed by atoms with Crippen molar-refractivity contribution >= 4 is 11.8 Å². The third-order valence-electron chi connectivity index (χ3n) is 3.39. The van der Waals surface area contributed by atoms with Crippen LogP contribution in [0.25, 0.3) is 0 Å². The molecule has 0 amide bonds. The Balaban J connectivity index is 1.62. The molecule has 3 aromatic rings. The maximum absolute atomic E-state index is 12.9. The predicted molar refractivity (Wildman–Crippen MR) is 90.5 cm³/mol. The van der Waals surface area contributed by atoms with Gasteiger partial charge in [-0.25, -0.2) is 4.39 Å². The first-order valence-electron chi connectivity index (χ1n) is 7.52. The highest BCUT2D eigenvalue weighted by molar-refractivity contribution is 7.98. The summed E-state index contributed by atoms with van der Waals surface area (Å²) in [5, 5.41) is 17.5. The van der Waals surface area contributed by atoms with Crippen LogP contribution in [0, 0.1) is 17.1 Å². The minimum Gasteiger partial charge on any atom is -0.481 e. The van der Waals surface area contributed by atoms with Gasteiger partial charge >= 0.3 is 0 Å². The molecular formula is C18H14FN3O2S. The average molecular weight is 355 g/mol. The van der Waals surface area contributed by atoms with Crippen molar-refractivity contribution in [3.05, 3.63) is 71.4 Å². The van der Waals surface area contributed by atoms with E-state index in [2.05, 4.69) is 16.3 Å². The van der Waals surface area contributed by atoms with Gasteiger partial charge in [-0.1, -0.05) is 30.0 Å². The molecule has 0 aliphatic carbocycles. The van der Waals surface area contributed by atoms with Crippen molar-refractivity contribution in [2.75, 3.05) is 0 Å². The summed E-state index contributed by atoms with van der Waals surface area (Å²) < 4.78 is 24.2. The Morgan fingerprint density at radius 1 is 1.20 bits per heavy atom. The van der Waals surface area contributed by atoms with Crippen molar-refractivity contribution in [2.24, 2.45) is 0 Å². The first-order valence-corrected chi connectivity index (χ1v) is 8.50. The fourth-order valence-electron chi connectivity index (χ4n) is 2.11. The maximum atomic E-state index is 12.9. The van der Waals surface area contributed by atoms with E-state index in [9.17, 15) is 4.39 Å². The lowest BCUT2D eigenvalue weighted by atomic mass is 10.1. The van der Waals surface area contributed by atoms with E-state index < -0.39 is 6.10 Å². The number of hydrogen-bond donors (Lipinski definition) is 0. The van der Waals surface area contributed by atoms with E-state index in [4.69, 9.17) is 14.4 Å². The second-order valence-electron chi connectivity index (χ2n) is 5.18. The number of halogens is 1. The van der Waals surface area contributed by atoms with E-state index in [1.807, 2.05) is 18.2 Å². The van der Waals surface area contributed by atoms with Crippen LogP contribution in [0.3, 0.4) is 0 Å². The smallest absolute Gasteiger partial charge is 0.277 e. The summed E-state index contributed by atoms with van der Waals surface area (Å²) in [5.74, 6) is 1.08. The molecule has 1 heterocycles. The van der Waals surface area contributed by atoms with E-state index in [0.717, 1.165) is 5.56 Å². The Hall–Kier alpha value is -2.85. The van der Waals surface area contributed by atoms with Gasteiger partial charge in [-0.2, -0.15) is 5.26 Å². The average Bonchev–Trinajstić information content (AvgIpc) is 3.11. The van der Waals surface area contributed by atoms with E-state index in [0.29, 0.717) is 28.2 Å². The largest absolute Gasteiger partial charge is 0.481 e. The Kier molecular flexibility index (Phi) is 5.31. The zero-order valence-corrected chi connectivity index (χ0v) is 14.2. The monoisotopic (exact) mass is 355 g/mol. The van der Waals surface area contributed by atoms with Crippen LogP contribution in [-0.2, 0) is 5.75 Å². The molecule has 0 aliphatic rings. The molecule has 126 valence electrons. The van der Waals surface area contributed by atoms with Gasteiger partial charge in [-0.05, 0) is 42.8 Å². The first kappa shape index (κ1) is 17.0. The standard InChI is InChI=1S/C18H14FN3O2S/c1-12(23-16-8-6-15(19)7-9-16)17-21-22-18(24-17)25-11-14-5-3-2-4-13(14)10-20/h2-9,12H,11H2,1H3/t12-/m1/s1. The second-order valence-corrected chi connectivity index (χ2v) is 6.10. The van der Waals surface area contributed by atoms with Crippen molar-refractivity contribution in [3.63, 3.8) is 0 Å². The number of nitriles is 1. The molecule has 0 N–H and O–H groups in total. The molecule has 0 fully saturated rings. The second kappa shape index (κ2) is 7.81. The van der Waals surface area contributed by atoms with Gasteiger partial charge in [0.15, 0.2) is 6.10 Å². The molecule has 7 heteroatoms. The highest BCUT2D eigenvalue weighted by Crippen LogP contribution is 2.26. The molecule has 25 heavy (non-hydrogen) atoms. The highest BCUT2D eigenvalue weighted by atomic mass is 32.2. The van der Waals surface area contributed by atoms with Gasteiger partial charge in [0.1, 0.15) is 11.6 Å². The van der Waals surface area contributed by atoms with Crippen molar-refractivity contribution in [3.8, 4) is 11.8 Å². The molecule has 0 saturated heterocycles. The normalized spacial score (nSPS) is 11.7. The minimum absolute atomic E-state index is 0.325. The molecule has 2 aromatic carbocycles. The van der Waals surface area contributed by atoms with Gasteiger partial charge in [0, 0.05) is 5.75 Å². The zero-order valence-electron chi connectivity index (χ0n) is 13.3. The molecule has 1 atom stereocenters. The summed E-state index contributed by atoms with van der Waals surface area (Å²) in [6.45, 7) is 1.77. The predicted octanol–water partition coefficient (Wildman–Crippen LogP) is 4.51. The Morgan fingerprint density at radius 2 is 1.96 bits per heavy atom. The number of thioether (sulfide) groups is 1. The molecule has 0 aliphatic heterocycles. The molecule has 0 radical (unpaired) electrons. The van der Waals surface area contributed by atoms with Crippen LogP contribution in [-0.4, -0.2) is 10.2 Å². The zero-order chi connectivity index (χ0) is 17.6. The van der Waals surface area contributed by atoms with Crippen molar-refractivity contribution in [1.29, 1.82) is 5.26 Å². The van der Waals surface area contributed by atoms with Crippen LogP contribution in [0.1, 0.15) is 30.0 Å². The highest BCUT2D eigenvalue weighted by Gasteiger charge is 2.16. The van der Waals surface area contributed by atoms with Crippen molar-refractivity contribution < 1.29 is 13.5 Å². The molecule has 0 unspecified atom stereocenters. The quantitative estimate of drug-likeness (QED) is 0.606. The first-order chi connectivity index (χ1) is 12.2. The van der Waals surface area contributed by atoms with Crippen LogP contribution < -0.4 is 4.74 Å². The maximum Gasteiger partial charge on any atom is 0.277 e. The molecule has 1 aromatic heterocycles. The van der Waals surface area contributed by atoms with E-state index >= 15 is 0 Å². The summed E-state index contributed by atoms with van der Waals surface area (Å²) in [5.41, 5.74) is 1.54. The molecule has 0 saturated carbocycles. The van der Waals surface area contributed by atoms with Gasteiger partial charge in [0.25, 0.3) is 11.1 Å². The SMILES string of the molecule is C[C@@H](Oc1ccc(F)cc1)c1nnc(SCc2ccccc2C#N)o1. The number of rotatable bonds is 6. The molecule has 3 rings (SSSR count). The van der Waals surface area contributed by atoms with Crippen LogP contribution in [0.15, 0.2) is 58.2 Å². The molecule has 5 nitrogen and oxygen atoms in total. The lowest BCUT2D eigenvalue weighted by molar-refractivity contribution is 0.181. The number of hydrogen-bond acceptors (Lipinski definition) is 6. The Bertz CT molecular complexity index is 890. The fraction of sp³-hybridized carbons (Fsp3) is 0.167. The molecule has 0 bridgehead atoms. The van der Waals surface area contributed by atoms with E-state index in [1.54, 1.807) is 13.0 Å². The summed E-state index contributed by atoms with van der Waals surface area (Å²) in [4.78, 5) is 0. The van der Waals surface area contributed by atoms with Crippen molar-refractivity contribution in [2.45, 2.75) is 24.0 Å². The summed E-state index contributed by atoms with van der Waals surface area (Å²) in [6.07, 6.45) is -0.460. The number of ether oxygens (including phenoxy) is 1. The Labute approximate surface area is 148 Å². The van der Waals surface area contributed by atoms with Crippen LogP contribution >= 0.6 is 11.8 Å². The molecule has 0 spiro atoms.